The van der Waals surface area contributed by atoms with Gasteiger partial charge in [0.25, 0.3) is 0 Å². The van der Waals surface area contributed by atoms with Crippen molar-refractivity contribution >= 4 is 11.3 Å². The smallest absolute Gasteiger partial charge is 0.0674 e. The molecule has 23 heavy (non-hydrogen) atoms. The minimum absolute atomic E-state index is 0.161. The Labute approximate surface area is 144 Å². The molecular formula is C18H29N3OS. The molecule has 1 aromatic heterocycles. The molecule has 1 N–H and O–H groups in total. The summed E-state index contributed by atoms with van der Waals surface area (Å²) in [5.74, 6) is 0. The molecule has 128 valence electrons. The van der Waals surface area contributed by atoms with Gasteiger partial charge < -0.3 is 10.1 Å². The quantitative estimate of drug-likeness (QED) is 0.791. The molecule has 0 radical (unpaired) electrons. The number of nitrogens with one attached hydrogen (secondary N) is 1. The standard InChI is InChI=1S/C18H29N3OS/c1-15-13-21(9-10-22-15)16(17-6-4-11-23-17)12-20-14-18(2,3)7-5-8-19/h4,6,11,15-16,20H,5,7,9-10,12-14H2,1-3H3/t15-,16+/m0/s1. The fraction of sp³-hybridized carbons (Fsp3) is 0.722. The summed E-state index contributed by atoms with van der Waals surface area (Å²) in [6.45, 7) is 11.3. The van der Waals surface area contributed by atoms with Crippen molar-refractivity contribution in [2.24, 2.45) is 5.41 Å². The van der Waals surface area contributed by atoms with E-state index in [1.54, 1.807) is 0 Å². The van der Waals surface area contributed by atoms with Crippen LogP contribution in [0.1, 0.15) is 44.5 Å². The van der Waals surface area contributed by atoms with Crippen LogP contribution in [-0.2, 0) is 4.74 Å². The van der Waals surface area contributed by atoms with Gasteiger partial charge >= 0.3 is 0 Å². The molecule has 0 aromatic carbocycles. The lowest BCUT2D eigenvalue weighted by molar-refractivity contribution is -0.0341. The van der Waals surface area contributed by atoms with Gasteiger partial charge in [0.1, 0.15) is 0 Å². The molecule has 0 spiro atoms. The molecule has 2 heterocycles. The van der Waals surface area contributed by atoms with Crippen LogP contribution in [0.4, 0.5) is 0 Å². The number of nitriles is 1. The van der Waals surface area contributed by atoms with Crippen LogP contribution in [0.3, 0.4) is 0 Å². The summed E-state index contributed by atoms with van der Waals surface area (Å²) in [4.78, 5) is 3.95. The summed E-state index contributed by atoms with van der Waals surface area (Å²) < 4.78 is 5.69. The van der Waals surface area contributed by atoms with Crippen molar-refractivity contribution in [3.8, 4) is 6.07 Å². The van der Waals surface area contributed by atoms with E-state index in [1.165, 1.54) is 4.88 Å². The fourth-order valence-electron chi connectivity index (χ4n) is 3.05. The van der Waals surface area contributed by atoms with Crippen molar-refractivity contribution in [2.45, 2.75) is 45.8 Å². The zero-order chi connectivity index (χ0) is 16.7. The highest BCUT2D eigenvalue weighted by atomic mass is 32.1. The summed E-state index contributed by atoms with van der Waals surface area (Å²) in [5, 5.41) is 14.6. The van der Waals surface area contributed by atoms with Gasteiger partial charge in [0.15, 0.2) is 0 Å². The summed E-state index contributed by atoms with van der Waals surface area (Å²) in [7, 11) is 0. The first-order chi connectivity index (χ1) is 11.0. The van der Waals surface area contributed by atoms with Crippen molar-refractivity contribution in [1.82, 2.24) is 10.2 Å². The minimum atomic E-state index is 0.161. The van der Waals surface area contributed by atoms with E-state index in [2.05, 4.69) is 54.6 Å². The van der Waals surface area contributed by atoms with E-state index in [4.69, 9.17) is 10.00 Å². The third-order valence-corrected chi connectivity index (χ3v) is 5.41. The molecule has 2 atom stereocenters. The lowest BCUT2D eigenvalue weighted by atomic mass is 9.88. The zero-order valence-electron chi connectivity index (χ0n) is 14.5. The Hall–Kier alpha value is -0.930. The molecule has 2 rings (SSSR count). The molecule has 0 bridgehead atoms. The van der Waals surface area contributed by atoms with E-state index in [1.807, 2.05) is 11.3 Å². The van der Waals surface area contributed by atoms with Crippen LogP contribution in [0, 0.1) is 16.7 Å². The van der Waals surface area contributed by atoms with Crippen LogP contribution >= 0.6 is 11.3 Å². The number of morpholine rings is 1. The predicted molar refractivity (Wildman–Crippen MR) is 95.5 cm³/mol. The highest BCUT2D eigenvalue weighted by Crippen LogP contribution is 2.27. The molecule has 1 fully saturated rings. The second kappa shape index (κ2) is 8.79. The summed E-state index contributed by atoms with van der Waals surface area (Å²) >= 11 is 1.83. The van der Waals surface area contributed by atoms with Crippen LogP contribution in [0.15, 0.2) is 17.5 Å². The van der Waals surface area contributed by atoms with Crippen molar-refractivity contribution in [3.05, 3.63) is 22.4 Å². The van der Waals surface area contributed by atoms with Gasteiger partial charge in [0.2, 0.25) is 0 Å². The third kappa shape index (κ3) is 5.89. The van der Waals surface area contributed by atoms with E-state index >= 15 is 0 Å². The molecule has 1 aromatic rings. The molecule has 0 unspecified atom stereocenters. The van der Waals surface area contributed by atoms with Gasteiger partial charge in [0, 0.05) is 37.5 Å². The number of hydrogen-bond acceptors (Lipinski definition) is 5. The number of ether oxygens (including phenoxy) is 1. The van der Waals surface area contributed by atoms with Gasteiger partial charge in [0.05, 0.1) is 24.8 Å². The van der Waals surface area contributed by atoms with E-state index in [-0.39, 0.29) is 5.41 Å². The molecule has 0 saturated carbocycles. The first-order valence-electron chi connectivity index (χ1n) is 8.48. The Morgan fingerprint density at radius 1 is 1.57 bits per heavy atom. The number of rotatable bonds is 8. The lowest BCUT2D eigenvalue weighted by Gasteiger charge is -2.37. The van der Waals surface area contributed by atoms with Crippen molar-refractivity contribution < 1.29 is 4.74 Å². The number of nitrogens with zero attached hydrogens (tertiary/aromatic N) is 2. The first kappa shape index (κ1) is 18.4. The fourth-order valence-corrected chi connectivity index (χ4v) is 3.91. The van der Waals surface area contributed by atoms with Crippen LogP contribution in [0.2, 0.25) is 0 Å². The van der Waals surface area contributed by atoms with Crippen molar-refractivity contribution in [1.29, 1.82) is 5.26 Å². The first-order valence-corrected chi connectivity index (χ1v) is 9.36. The van der Waals surface area contributed by atoms with Crippen molar-refractivity contribution in [2.75, 3.05) is 32.8 Å². The van der Waals surface area contributed by atoms with Crippen LogP contribution in [0.25, 0.3) is 0 Å². The number of hydrogen-bond donors (Lipinski definition) is 1. The highest BCUT2D eigenvalue weighted by Gasteiger charge is 2.27. The van der Waals surface area contributed by atoms with Gasteiger partial charge in [-0.1, -0.05) is 19.9 Å². The van der Waals surface area contributed by atoms with Crippen LogP contribution in [-0.4, -0.2) is 43.8 Å². The van der Waals surface area contributed by atoms with Gasteiger partial charge in [-0.15, -0.1) is 11.3 Å². The third-order valence-electron chi connectivity index (χ3n) is 4.44. The van der Waals surface area contributed by atoms with Crippen molar-refractivity contribution in [3.63, 3.8) is 0 Å². The average molecular weight is 336 g/mol. The predicted octanol–water partition coefficient (Wildman–Crippen LogP) is 3.43. The maximum absolute atomic E-state index is 8.78. The summed E-state index contributed by atoms with van der Waals surface area (Å²) in [6.07, 6.45) is 1.87. The highest BCUT2D eigenvalue weighted by molar-refractivity contribution is 7.10. The van der Waals surface area contributed by atoms with Gasteiger partial charge in [-0.2, -0.15) is 5.26 Å². The molecule has 0 amide bonds. The SMILES string of the molecule is C[C@H]1CN([C@H](CNCC(C)(C)CCC#N)c2cccs2)CCO1. The second-order valence-corrected chi connectivity index (χ2v) is 8.14. The molecule has 1 aliphatic heterocycles. The topological polar surface area (TPSA) is 48.3 Å². The average Bonchev–Trinajstić information content (AvgIpc) is 3.03. The van der Waals surface area contributed by atoms with Gasteiger partial charge in [-0.3, -0.25) is 4.90 Å². The van der Waals surface area contributed by atoms with E-state index in [0.717, 1.165) is 39.2 Å². The van der Waals surface area contributed by atoms with E-state index < -0.39 is 0 Å². The molecule has 5 heteroatoms. The van der Waals surface area contributed by atoms with Gasteiger partial charge in [-0.25, -0.2) is 0 Å². The lowest BCUT2D eigenvalue weighted by Crippen LogP contribution is -2.46. The number of thiophene rings is 1. The Bertz CT molecular complexity index is 495. The summed E-state index contributed by atoms with van der Waals surface area (Å²) in [5.41, 5.74) is 0.161. The molecule has 0 aliphatic carbocycles. The Kier molecular flexibility index (Phi) is 7.04. The molecule has 4 nitrogen and oxygen atoms in total. The zero-order valence-corrected chi connectivity index (χ0v) is 15.4. The molecule has 1 aliphatic rings. The molecule has 1 saturated heterocycles. The maximum Gasteiger partial charge on any atom is 0.0674 e. The van der Waals surface area contributed by atoms with E-state index in [0.29, 0.717) is 18.6 Å². The van der Waals surface area contributed by atoms with Crippen LogP contribution < -0.4 is 5.32 Å². The maximum atomic E-state index is 8.78. The monoisotopic (exact) mass is 335 g/mol. The van der Waals surface area contributed by atoms with Crippen LogP contribution in [0.5, 0.6) is 0 Å². The Morgan fingerprint density at radius 3 is 3.04 bits per heavy atom. The largest absolute Gasteiger partial charge is 0.376 e. The Morgan fingerprint density at radius 2 is 2.39 bits per heavy atom. The Balaban J connectivity index is 1.92. The van der Waals surface area contributed by atoms with Gasteiger partial charge in [-0.05, 0) is 30.2 Å². The second-order valence-electron chi connectivity index (χ2n) is 7.16. The molecular weight excluding hydrogens is 306 g/mol. The summed E-state index contributed by atoms with van der Waals surface area (Å²) in [6, 6.07) is 7.03. The minimum Gasteiger partial charge on any atom is -0.376 e. The normalized spacial score (nSPS) is 21.0. The van der Waals surface area contributed by atoms with E-state index in [9.17, 15) is 0 Å².